The van der Waals surface area contributed by atoms with Gasteiger partial charge in [-0.25, -0.2) is 4.21 Å². The molecule has 0 aliphatic rings. The maximum absolute atomic E-state index is 12.5. The second-order valence-corrected chi connectivity index (χ2v) is 14.0. The van der Waals surface area contributed by atoms with Crippen LogP contribution >= 0.6 is 0 Å². The molecule has 0 saturated heterocycles. The Bertz CT molecular complexity index is 765. The number of rotatable bonds is 6. The average Bonchev–Trinajstić information content (AvgIpc) is 2.58. The Morgan fingerprint density at radius 3 is 2.15 bits per heavy atom. The highest BCUT2D eigenvalue weighted by Gasteiger charge is 2.39. The van der Waals surface area contributed by atoms with Crippen LogP contribution in [0.1, 0.15) is 38.0 Å². The maximum Gasteiger partial charge on any atom is 0.193 e. The molecule has 0 saturated carbocycles. The van der Waals surface area contributed by atoms with E-state index in [9.17, 15) is 4.21 Å². The third-order valence-corrected chi connectivity index (χ3v) is 10.3. The Kier molecular flexibility index (Phi) is 6.72. The normalized spacial score (nSPS) is 15.2. The standard InChI is InChI=1S/C21H29NO2SSi/c1-17-12-14-19(15-13-17)25(23)22-16-20(18-10-8-7-9-11-18)24-26(5,6)21(2,3)4/h7-16,20H,1-6H3/b22-16+/t20-,25-/m1/s1. The molecular formula is C21H29NO2SSi. The van der Waals surface area contributed by atoms with E-state index in [0.717, 1.165) is 11.1 Å². The smallest absolute Gasteiger partial charge is 0.193 e. The quantitative estimate of drug-likeness (QED) is 0.460. The highest BCUT2D eigenvalue weighted by molar-refractivity contribution is 7.83. The van der Waals surface area contributed by atoms with Gasteiger partial charge in [0.2, 0.25) is 0 Å². The lowest BCUT2D eigenvalue weighted by Crippen LogP contribution is -2.42. The number of hydrogen-bond donors (Lipinski definition) is 0. The summed E-state index contributed by atoms with van der Waals surface area (Å²) in [4.78, 5) is 0.700. The van der Waals surface area contributed by atoms with Gasteiger partial charge in [0.1, 0.15) is 6.10 Å². The zero-order chi connectivity index (χ0) is 19.4. The molecule has 140 valence electrons. The average molecular weight is 388 g/mol. The van der Waals surface area contributed by atoms with E-state index in [1.54, 1.807) is 6.21 Å². The summed E-state index contributed by atoms with van der Waals surface area (Å²) in [5.41, 5.74) is 2.17. The number of aryl methyl sites for hydroxylation is 1. The van der Waals surface area contributed by atoms with E-state index < -0.39 is 19.3 Å². The third-order valence-electron chi connectivity index (χ3n) is 4.87. The summed E-state index contributed by atoms with van der Waals surface area (Å²) in [6, 6.07) is 17.6. The summed E-state index contributed by atoms with van der Waals surface area (Å²) in [6.07, 6.45) is 1.40. The lowest BCUT2D eigenvalue weighted by Gasteiger charge is -2.38. The Hall–Kier alpha value is -1.56. The molecule has 0 bridgehead atoms. The Balaban J connectivity index is 2.27. The summed E-state index contributed by atoms with van der Waals surface area (Å²) < 4.78 is 23.4. The number of nitrogens with zero attached hydrogens (tertiary/aromatic N) is 1. The van der Waals surface area contributed by atoms with Gasteiger partial charge in [-0.05, 0) is 42.8 Å². The summed E-state index contributed by atoms with van der Waals surface area (Å²) in [6.45, 7) is 13.1. The molecular weight excluding hydrogens is 358 g/mol. The van der Waals surface area contributed by atoms with E-state index in [-0.39, 0.29) is 11.1 Å². The molecule has 2 atom stereocenters. The Labute approximate surface area is 161 Å². The monoisotopic (exact) mass is 387 g/mol. The minimum atomic E-state index is -2.00. The van der Waals surface area contributed by atoms with E-state index in [2.05, 4.69) is 38.3 Å². The highest BCUT2D eigenvalue weighted by atomic mass is 32.2. The molecule has 0 N–H and O–H groups in total. The maximum atomic E-state index is 12.5. The van der Waals surface area contributed by atoms with Crippen molar-refractivity contribution in [2.75, 3.05) is 0 Å². The summed E-state index contributed by atoms with van der Waals surface area (Å²) >= 11 is 0. The topological polar surface area (TPSA) is 38.7 Å². The van der Waals surface area contributed by atoms with E-state index >= 15 is 0 Å². The lowest BCUT2D eigenvalue weighted by atomic mass is 10.1. The fourth-order valence-electron chi connectivity index (χ4n) is 2.15. The van der Waals surface area contributed by atoms with Crippen molar-refractivity contribution < 1.29 is 8.63 Å². The van der Waals surface area contributed by atoms with Crippen molar-refractivity contribution in [2.45, 2.75) is 56.8 Å². The van der Waals surface area contributed by atoms with Gasteiger partial charge in [-0.15, -0.1) is 0 Å². The number of benzene rings is 2. The first-order valence-corrected chi connectivity index (χ1v) is 12.9. The highest BCUT2D eigenvalue weighted by Crippen LogP contribution is 2.39. The largest absolute Gasteiger partial charge is 0.405 e. The van der Waals surface area contributed by atoms with E-state index in [0.29, 0.717) is 4.90 Å². The summed E-state index contributed by atoms with van der Waals surface area (Å²) in [5, 5.41) is 0.0873. The fourth-order valence-corrected chi connectivity index (χ4v) is 4.04. The SMILES string of the molecule is Cc1ccc([S@@](=O)/N=C/[C@@H](O[Si](C)(C)C(C)(C)C)c2ccccc2)cc1. The fraction of sp³-hybridized carbons (Fsp3) is 0.381. The van der Waals surface area contributed by atoms with Crippen LogP contribution in [0.3, 0.4) is 0 Å². The van der Waals surface area contributed by atoms with Crippen LogP contribution < -0.4 is 0 Å². The summed E-state index contributed by atoms with van der Waals surface area (Å²) in [7, 11) is -3.43. The predicted octanol–water partition coefficient (Wildman–Crippen LogP) is 5.85. The molecule has 0 amide bonds. The van der Waals surface area contributed by atoms with Gasteiger partial charge in [0.15, 0.2) is 19.3 Å². The zero-order valence-corrected chi connectivity index (χ0v) is 18.3. The van der Waals surface area contributed by atoms with Gasteiger partial charge in [0.25, 0.3) is 0 Å². The Morgan fingerprint density at radius 2 is 1.62 bits per heavy atom. The van der Waals surface area contributed by atoms with Crippen LogP contribution in [0, 0.1) is 6.92 Å². The molecule has 26 heavy (non-hydrogen) atoms. The van der Waals surface area contributed by atoms with E-state index in [4.69, 9.17) is 4.43 Å². The predicted molar refractivity (Wildman–Crippen MR) is 114 cm³/mol. The van der Waals surface area contributed by atoms with Crippen molar-refractivity contribution in [3.05, 3.63) is 65.7 Å². The molecule has 0 aromatic heterocycles. The molecule has 5 heteroatoms. The van der Waals surface area contributed by atoms with Gasteiger partial charge in [-0.1, -0.05) is 68.8 Å². The van der Waals surface area contributed by atoms with Gasteiger partial charge in [-0.3, -0.25) is 0 Å². The van der Waals surface area contributed by atoms with Crippen LogP contribution in [0.2, 0.25) is 18.1 Å². The van der Waals surface area contributed by atoms with Crippen LogP contribution in [-0.4, -0.2) is 18.7 Å². The second-order valence-electron chi connectivity index (χ2n) is 8.03. The van der Waals surface area contributed by atoms with Crippen LogP contribution in [0.5, 0.6) is 0 Å². The van der Waals surface area contributed by atoms with E-state index in [1.165, 1.54) is 0 Å². The minimum absolute atomic E-state index is 0.0873. The second kappa shape index (κ2) is 8.42. The first-order valence-electron chi connectivity index (χ1n) is 8.86. The third kappa shape index (κ3) is 5.46. The minimum Gasteiger partial charge on any atom is -0.405 e. The van der Waals surface area contributed by atoms with Crippen molar-refractivity contribution in [1.82, 2.24) is 0 Å². The number of hydrogen-bond acceptors (Lipinski definition) is 2. The molecule has 2 aromatic rings. The van der Waals surface area contributed by atoms with Crippen molar-refractivity contribution in [3.63, 3.8) is 0 Å². The van der Waals surface area contributed by atoms with Gasteiger partial charge in [-0.2, -0.15) is 4.40 Å². The molecule has 0 heterocycles. The van der Waals surface area contributed by atoms with Crippen molar-refractivity contribution in [3.8, 4) is 0 Å². The van der Waals surface area contributed by atoms with Crippen LogP contribution in [-0.2, 0) is 15.4 Å². The lowest BCUT2D eigenvalue weighted by molar-refractivity contribution is 0.251. The first-order chi connectivity index (χ1) is 12.1. The van der Waals surface area contributed by atoms with Crippen molar-refractivity contribution in [2.24, 2.45) is 4.40 Å². The Morgan fingerprint density at radius 1 is 1.04 bits per heavy atom. The molecule has 0 radical (unpaired) electrons. The zero-order valence-electron chi connectivity index (χ0n) is 16.5. The first kappa shape index (κ1) is 20.7. The van der Waals surface area contributed by atoms with Crippen LogP contribution in [0.4, 0.5) is 0 Å². The molecule has 2 rings (SSSR count). The molecule has 0 spiro atoms. The van der Waals surface area contributed by atoms with E-state index in [1.807, 2.05) is 61.5 Å². The molecule has 0 aliphatic heterocycles. The molecule has 0 aliphatic carbocycles. The van der Waals surface area contributed by atoms with Crippen LogP contribution in [0.15, 0.2) is 63.9 Å². The van der Waals surface area contributed by atoms with Gasteiger partial charge in [0.05, 0.1) is 4.90 Å². The summed E-state index contributed by atoms with van der Waals surface area (Å²) in [5.74, 6) is 0. The molecule has 0 fully saturated rings. The van der Waals surface area contributed by atoms with Gasteiger partial charge < -0.3 is 4.43 Å². The van der Waals surface area contributed by atoms with Gasteiger partial charge >= 0.3 is 0 Å². The molecule has 3 nitrogen and oxygen atoms in total. The van der Waals surface area contributed by atoms with Gasteiger partial charge in [0, 0.05) is 6.21 Å². The van der Waals surface area contributed by atoms with Crippen molar-refractivity contribution >= 4 is 25.5 Å². The van der Waals surface area contributed by atoms with Crippen LogP contribution in [0.25, 0.3) is 0 Å². The molecule has 2 aromatic carbocycles. The molecule has 0 unspecified atom stereocenters. The van der Waals surface area contributed by atoms with Crippen molar-refractivity contribution in [1.29, 1.82) is 0 Å².